The molecule has 1 aliphatic heterocycles. The van der Waals surface area contributed by atoms with Gasteiger partial charge in [-0.05, 0) is 23.6 Å². The molecular weight excluding hydrogens is 294 g/mol. The van der Waals surface area contributed by atoms with E-state index in [1.54, 1.807) is 17.8 Å². The summed E-state index contributed by atoms with van der Waals surface area (Å²) in [6, 6.07) is 15.8. The highest BCUT2D eigenvalue weighted by Crippen LogP contribution is 2.28. The molecule has 3 nitrogen and oxygen atoms in total. The second-order valence-corrected chi connectivity index (χ2v) is 6.28. The molecule has 0 atom stereocenters. The molecule has 22 heavy (non-hydrogen) atoms. The minimum Gasteiger partial charge on any atom is -0.325 e. The molecule has 2 aromatic rings. The largest absolute Gasteiger partial charge is 0.325 e. The molecule has 1 amide bonds. The fraction of sp³-hybridized carbons (Fsp3) is 0.222. The minimum absolute atomic E-state index is 0.00955. The van der Waals surface area contributed by atoms with Gasteiger partial charge < -0.3 is 5.32 Å². The third-order valence-electron chi connectivity index (χ3n) is 3.68. The van der Waals surface area contributed by atoms with Crippen molar-refractivity contribution in [3.63, 3.8) is 0 Å². The third-order valence-corrected chi connectivity index (χ3v) is 4.69. The number of carbonyl (C=O) groups is 2. The van der Waals surface area contributed by atoms with Crippen molar-refractivity contribution in [3.05, 3.63) is 65.2 Å². The molecule has 0 saturated carbocycles. The number of Topliss-reactive ketones (excluding diaryl/α,β-unsaturated/α-hetero) is 1. The molecule has 1 N–H and O–H groups in total. The van der Waals surface area contributed by atoms with Gasteiger partial charge in [0.25, 0.3) is 0 Å². The molecule has 0 radical (unpaired) electrons. The lowest BCUT2D eigenvalue weighted by Gasteiger charge is -2.19. The molecule has 0 fully saturated rings. The van der Waals surface area contributed by atoms with Gasteiger partial charge in [-0.2, -0.15) is 0 Å². The number of hydrogen-bond acceptors (Lipinski definition) is 3. The lowest BCUT2D eigenvalue weighted by atomic mass is 9.97. The molecule has 112 valence electrons. The Hall–Kier alpha value is -2.07. The average Bonchev–Trinajstić information content (AvgIpc) is 2.55. The van der Waals surface area contributed by atoms with Crippen molar-refractivity contribution in [3.8, 4) is 0 Å². The van der Waals surface area contributed by atoms with Gasteiger partial charge in [-0.1, -0.05) is 42.5 Å². The molecule has 0 spiro atoms. The Morgan fingerprint density at radius 2 is 1.86 bits per heavy atom. The predicted molar refractivity (Wildman–Crippen MR) is 90.3 cm³/mol. The van der Waals surface area contributed by atoms with E-state index in [2.05, 4.69) is 17.4 Å². The number of hydrogen-bond donors (Lipinski definition) is 1. The van der Waals surface area contributed by atoms with Gasteiger partial charge in [0.1, 0.15) is 0 Å². The van der Waals surface area contributed by atoms with Crippen LogP contribution in [0.2, 0.25) is 0 Å². The molecule has 0 saturated heterocycles. The van der Waals surface area contributed by atoms with Crippen molar-refractivity contribution in [2.24, 2.45) is 0 Å². The summed E-state index contributed by atoms with van der Waals surface area (Å²) in [4.78, 5) is 24.0. The Labute approximate surface area is 134 Å². The molecule has 4 heteroatoms. The molecule has 0 aromatic heterocycles. The van der Waals surface area contributed by atoms with Crippen LogP contribution in [0.25, 0.3) is 0 Å². The van der Waals surface area contributed by atoms with Crippen LogP contribution in [-0.4, -0.2) is 17.4 Å². The first-order valence-electron chi connectivity index (χ1n) is 7.30. The van der Waals surface area contributed by atoms with E-state index in [0.717, 1.165) is 11.3 Å². The van der Waals surface area contributed by atoms with Gasteiger partial charge in [-0.25, -0.2) is 0 Å². The van der Waals surface area contributed by atoms with E-state index in [4.69, 9.17) is 0 Å². The Kier molecular flexibility index (Phi) is 4.59. The second-order valence-electron chi connectivity index (χ2n) is 5.29. The molecule has 3 rings (SSSR count). The first kappa shape index (κ1) is 14.9. The van der Waals surface area contributed by atoms with Gasteiger partial charge in [0, 0.05) is 17.7 Å². The number of para-hydroxylation sites is 1. The summed E-state index contributed by atoms with van der Waals surface area (Å²) in [6.45, 7) is 0. The number of ketones is 1. The maximum absolute atomic E-state index is 12.4. The van der Waals surface area contributed by atoms with Crippen molar-refractivity contribution in [1.29, 1.82) is 0 Å². The zero-order valence-corrected chi connectivity index (χ0v) is 13.0. The summed E-state index contributed by atoms with van der Waals surface area (Å²) in [7, 11) is 0. The number of rotatable bonds is 5. The van der Waals surface area contributed by atoms with Gasteiger partial charge >= 0.3 is 0 Å². The van der Waals surface area contributed by atoms with E-state index in [1.807, 2.05) is 30.3 Å². The van der Waals surface area contributed by atoms with Crippen LogP contribution in [0.3, 0.4) is 0 Å². The zero-order chi connectivity index (χ0) is 15.4. The van der Waals surface area contributed by atoms with E-state index < -0.39 is 0 Å². The highest BCUT2D eigenvalue weighted by molar-refractivity contribution is 7.99. The lowest BCUT2D eigenvalue weighted by molar-refractivity contribution is -0.116. The van der Waals surface area contributed by atoms with Gasteiger partial charge in [-0.3, -0.25) is 9.59 Å². The summed E-state index contributed by atoms with van der Waals surface area (Å²) < 4.78 is 0. The quantitative estimate of drug-likeness (QED) is 0.857. The number of aryl methyl sites for hydroxylation is 1. The Morgan fingerprint density at radius 1 is 1.05 bits per heavy atom. The second kappa shape index (κ2) is 6.79. The van der Waals surface area contributed by atoms with E-state index in [0.29, 0.717) is 29.8 Å². The van der Waals surface area contributed by atoms with Gasteiger partial charge in [0.2, 0.25) is 5.91 Å². The number of fused-ring (bicyclic) bond motifs is 1. The predicted octanol–water partition coefficient (Wildman–Crippen LogP) is 3.69. The summed E-state index contributed by atoms with van der Waals surface area (Å²) in [5, 5.41) is 2.85. The zero-order valence-electron chi connectivity index (χ0n) is 12.2. The minimum atomic E-state index is -0.00955. The fourth-order valence-corrected chi connectivity index (χ4v) is 3.42. The smallest absolute Gasteiger partial charge is 0.224 e. The van der Waals surface area contributed by atoms with E-state index in [9.17, 15) is 9.59 Å². The van der Waals surface area contributed by atoms with Crippen LogP contribution in [-0.2, 0) is 17.0 Å². The topological polar surface area (TPSA) is 46.2 Å². The number of carbonyl (C=O) groups excluding carboxylic acids is 2. The first-order chi connectivity index (χ1) is 10.7. The van der Waals surface area contributed by atoms with Gasteiger partial charge in [-0.15, -0.1) is 11.8 Å². The van der Waals surface area contributed by atoms with Crippen LogP contribution < -0.4 is 5.32 Å². The third kappa shape index (κ3) is 3.39. The Morgan fingerprint density at radius 3 is 2.68 bits per heavy atom. The van der Waals surface area contributed by atoms with E-state index in [1.165, 1.54) is 5.56 Å². The molecule has 1 heterocycles. The number of thioether (sulfide) groups is 1. The fourth-order valence-electron chi connectivity index (χ4n) is 2.55. The standard InChI is InChI=1S/C18H17NO2S/c20-16(12-22-11-13-5-2-1-3-6-13)15-8-4-7-14-9-10-17(21)19-18(14)15/h1-8H,9-12H2,(H,19,21). The number of benzene rings is 2. The monoisotopic (exact) mass is 311 g/mol. The van der Waals surface area contributed by atoms with Crippen molar-refractivity contribution in [2.75, 3.05) is 11.1 Å². The Balaban J connectivity index is 1.67. The molecule has 1 aliphatic rings. The highest BCUT2D eigenvalue weighted by Gasteiger charge is 2.20. The molecular formula is C18H17NO2S. The Bertz CT molecular complexity index is 697. The van der Waals surface area contributed by atoms with Crippen LogP contribution in [0.4, 0.5) is 5.69 Å². The average molecular weight is 311 g/mol. The summed E-state index contributed by atoms with van der Waals surface area (Å²) >= 11 is 1.60. The highest BCUT2D eigenvalue weighted by atomic mass is 32.2. The van der Waals surface area contributed by atoms with Crippen LogP contribution >= 0.6 is 11.8 Å². The van der Waals surface area contributed by atoms with Crippen LogP contribution in [0.1, 0.15) is 27.9 Å². The van der Waals surface area contributed by atoms with Crippen molar-refractivity contribution in [2.45, 2.75) is 18.6 Å². The van der Waals surface area contributed by atoms with Crippen LogP contribution in [0, 0.1) is 0 Å². The van der Waals surface area contributed by atoms with Crippen molar-refractivity contribution < 1.29 is 9.59 Å². The molecule has 0 aliphatic carbocycles. The summed E-state index contributed by atoms with van der Waals surface area (Å²) in [5.41, 5.74) is 3.61. The van der Waals surface area contributed by atoms with Crippen molar-refractivity contribution >= 4 is 29.1 Å². The van der Waals surface area contributed by atoms with E-state index >= 15 is 0 Å². The maximum Gasteiger partial charge on any atom is 0.224 e. The summed E-state index contributed by atoms with van der Waals surface area (Å²) in [5.74, 6) is 1.29. The summed E-state index contributed by atoms with van der Waals surface area (Å²) in [6.07, 6.45) is 1.20. The van der Waals surface area contributed by atoms with Crippen LogP contribution in [0.5, 0.6) is 0 Å². The normalized spacial score (nSPS) is 13.4. The first-order valence-corrected chi connectivity index (χ1v) is 8.46. The number of nitrogens with one attached hydrogen (secondary N) is 1. The number of amides is 1. The molecule has 0 unspecified atom stereocenters. The lowest BCUT2D eigenvalue weighted by Crippen LogP contribution is -2.22. The molecule has 0 bridgehead atoms. The van der Waals surface area contributed by atoms with Crippen LogP contribution in [0.15, 0.2) is 48.5 Å². The van der Waals surface area contributed by atoms with E-state index in [-0.39, 0.29) is 11.7 Å². The number of anilines is 1. The van der Waals surface area contributed by atoms with Crippen molar-refractivity contribution in [1.82, 2.24) is 0 Å². The molecule has 2 aromatic carbocycles. The maximum atomic E-state index is 12.4. The van der Waals surface area contributed by atoms with Gasteiger partial charge in [0.05, 0.1) is 11.4 Å². The van der Waals surface area contributed by atoms with Gasteiger partial charge in [0.15, 0.2) is 5.78 Å². The SMILES string of the molecule is O=C1CCc2cccc(C(=O)CSCc3ccccc3)c2N1.